The van der Waals surface area contributed by atoms with E-state index in [0.717, 1.165) is 12.8 Å². The Morgan fingerprint density at radius 1 is 1.40 bits per heavy atom. The highest BCUT2D eigenvalue weighted by Crippen LogP contribution is 2.26. The molecular weight excluding hydrogens is 194 g/mol. The molecule has 0 aliphatic heterocycles. The van der Waals surface area contributed by atoms with Crippen molar-refractivity contribution < 1.29 is 14.7 Å². The Labute approximate surface area is 90.3 Å². The highest BCUT2D eigenvalue weighted by molar-refractivity contribution is 5.87. The first-order chi connectivity index (χ1) is 6.84. The fraction of sp³-hybridized carbons (Fsp3) is 0.818. The van der Waals surface area contributed by atoms with Crippen LogP contribution in [0.4, 0.5) is 4.79 Å². The molecule has 1 amide bonds. The number of carboxylic acid groups (broad SMARTS) is 1. The van der Waals surface area contributed by atoms with Crippen LogP contribution in [0.3, 0.4) is 0 Å². The summed E-state index contributed by atoms with van der Waals surface area (Å²) in [6.07, 6.45) is 2.03. The van der Waals surface area contributed by atoms with Crippen LogP contribution in [0.2, 0.25) is 0 Å². The topological polar surface area (TPSA) is 57.6 Å². The summed E-state index contributed by atoms with van der Waals surface area (Å²) in [7, 11) is 0. The molecule has 1 saturated carbocycles. The number of carbonyl (C=O) groups is 2. The molecule has 0 saturated heterocycles. The zero-order valence-electron chi connectivity index (χ0n) is 9.62. The SMILES string of the molecule is CC(C)(C)N(C(=O)O)[C@@H]1CCCCC1=O. The van der Waals surface area contributed by atoms with Crippen LogP contribution in [0.25, 0.3) is 0 Å². The molecule has 0 heterocycles. The highest BCUT2D eigenvalue weighted by atomic mass is 16.4. The fourth-order valence-corrected chi connectivity index (χ4v) is 2.13. The van der Waals surface area contributed by atoms with Gasteiger partial charge in [-0.15, -0.1) is 0 Å². The number of rotatable bonds is 1. The van der Waals surface area contributed by atoms with Gasteiger partial charge in [0.05, 0.1) is 6.04 Å². The average Bonchev–Trinajstić information content (AvgIpc) is 2.05. The van der Waals surface area contributed by atoms with Gasteiger partial charge in [0.1, 0.15) is 0 Å². The highest BCUT2D eigenvalue weighted by Gasteiger charge is 2.37. The van der Waals surface area contributed by atoms with Gasteiger partial charge in [-0.05, 0) is 33.6 Å². The minimum Gasteiger partial charge on any atom is -0.465 e. The van der Waals surface area contributed by atoms with Crippen molar-refractivity contribution in [2.24, 2.45) is 0 Å². The van der Waals surface area contributed by atoms with E-state index in [9.17, 15) is 9.59 Å². The summed E-state index contributed by atoms with van der Waals surface area (Å²) in [5.74, 6) is 0.0681. The van der Waals surface area contributed by atoms with Gasteiger partial charge in [0.15, 0.2) is 5.78 Å². The standard InChI is InChI=1S/C11H19NO3/c1-11(2,3)12(10(14)15)8-6-4-5-7-9(8)13/h8H,4-7H2,1-3H3,(H,14,15)/t8-/m1/s1. The Balaban J connectivity index is 2.88. The maximum atomic E-state index is 11.7. The number of amides is 1. The maximum Gasteiger partial charge on any atom is 0.408 e. The van der Waals surface area contributed by atoms with Crippen molar-refractivity contribution in [2.75, 3.05) is 0 Å². The lowest BCUT2D eigenvalue weighted by molar-refractivity contribution is -0.127. The van der Waals surface area contributed by atoms with Crippen LogP contribution in [-0.4, -0.2) is 33.5 Å². The molecule has 0 radical (unpaired) electrons. The molecule has 1 atom stereocenters. The van der Waals surface area contributed by atoms with Gasteiger partial charge in [0.2, 0.25) is 0 Å². The van der Waals surface area contributed by atoms with E-state index in [1.807, 2.05) is 20.8 Å². The van der Waals surface area contributed by atoms with Crippen molar-refractivity contribution in [3.63, 3.8) is 0 Å². The lowest BCUT2D eigenvalue weighted by Crippen LogP contribution is -2.54. The van der Waals surface area contributed by atoms with Crippen molar-refractivity contribution in [3.05, 3.63) is 0 Å². The first-order valence-electron chi connectivity index (χ1n) is 5.39. The van der Waals surface area contributed by atoms with Crippen LogP contribution in [0.5, 0.6) is 0 Å². The van der Waals surface area contributed by atoms with E-state index in [0.29, 0.717) is 12.8 Å². The minimum absolute atomic E-state index is 0.0681. The summed E-state index contributed by atoms with van der Waals surface area (Å²) in [4.78, 5) is 24.1. The molecule has 0 bridgehead atoms. The average molecular weight is 213 g/mol. The van der Waals surface area contributed by atoms with Crippen molar-refractivity contribution >= 4 is 11.9 Å². The second kappa shape index (κ2) is 4.21. The van der Waals surface area contributed by atoms with Gasteiger partial charge in [-0.1, -0.05) is 6.42 Å². The van der Waals surface area contributed by atoms with Gasteiger partial charge in [0, 0.05) is 12.0 Å². The summed E-state index contributed by atoms with van der Waals surface area (Å²) >= 11 is 0. The van der Waals surface area contributed by atoms with Crippen LogP contribution in [0.15, 0.2) is 0 Å². The summed E-state index contributed by atoms with van der Waals surface area (Å²) in [6, 6.07) is -0.434. The Kier molecular flexibility index (Phi) is 3.37. The summed E-state index contributed by atoms with van der Waals surface area (Å²) < 4.78 is 0. The van der Waals surface area contributed by atoms with E-state index in [-0.39, 0.29) is 5.78 Å². The number of hydrogen-bond acceptors (Lipinski definition) is 2. The summed E-state index contributed by atoms with van der Waals surface area (Å²) in [5.41, 5.74) is -0.510. The van der Waals surface area contributed by atoms with E-state index in [1.54, 1.807) is 0 Å². The Morgan fingerprint density at radius 2 is 2.00 bits per heavy atom. The molecule has 0 aromatic rings. The molecule has 1 fully saturated rings. The number of Topliss-reactive ketones (excluding diaryl/α,β-unsaturated/α-hetero) is 1. The first kappa shape index (κ1) is 12.0. The van der Waals surface area contributed by atoms with E-state index >= 15 is 0 Å². The molecule has 1 rings (SSSR count). The van der Waals surface area contributed by atoms with Gasteiger partial charge in [-0.25, -0.2) is 4.79 Å². The summed E-state index contributed by atoms with van der Waals surface area (Å²) in [5, 5.41) is 9.15. The van der Waals surface area contributed by atoms with Crippen LogP contribution >= 0.6 is 0 Å². The Morgan fingerprint density at radius 3 is 2.40 bits per heavy atom. The zero-order valence-corrected chi connectivity index (χ0v) is 9.62. The van der Waals surface area contributed by atoms with Crippen molar-refractivity contribution in [1.82, 2.24) is 4.90 Å². The smallest absolute Gasteiger partial charge is 0.408 e. The zero-order chi connectivity index (χ0) is 11.6. The first-order valence-corrected chi connectivity index (χ1v) is 5.39. The molecule has 0 aromatic heterocycles. The number of ketones is 1. The lowest BCUT2D eigenvalue weighted by atomic mass is 9.90. The molecule has 0 aromatic carbocycles. The van der Waals surface area contributed by atoms with Crippen molar-refractivity contribution in [1.29, 1.82) is 0 Å². The summed E-state index contributed by atoms with van der Waals surface area (Å²) in [6.45, 7) is 5.47. The van der Waals surface area contributed by atoms with Crippen LogP contribution in [0.1, 0.15) is 46.5 Å². The number of nitrogens with zero attached hydrogens (tertiary/aromatic N) is 1. The van der Waals surface area contributed by atoms with Gasteiger partial charge in [0.25, 0.3) is 0 Å². The predicted molar refractivity (Wildman–Crippen MR) is 56.9 cm³/mol. The van der Waals surface area contributed by atoms with Gasteiger partial charge >= 0.3 is 6.09 Å². The largest absolute Gasteiger partial charge is 0.465 e. The molecule has 1 aliphatic carbocycles. The Hall–Kier alpha value is -1.06. The van der Waals surface area contributed by atoms with Gasteiger partial charge in [-0.2, -0.15) is 0 Å². The second-order valence-corrected chi connectivity index (χ2v) is 5.05. The molecule has 1 N–H and O–H groups in total. The third-order valence-corrected chi connectivity index (χ3v) is 2.76. The second-order valence-electron chi connectivity index (χ2n) is 5.05. The normalized spacial score (nSPS) is 22.6. The quantitative estimate of drug-likeness (QED) is 0.727. The molecule has 1 aliphatic rings. The van der Waals surface area contributed by atoms with E-state index in [1.165, 1.54) is 4.90 Å². The third kappa shape index (κ3) is 2.70. The lowest BCUT2D eigenvalue weighted by Gasteiger charge is -2.40. The Bertz CT molecular complexity index is 267. The van der Waals surface area contributed by atoms with Crippen molar-refractivity contribution in [2.45, 2.75) is 58.0 Å². The van der Waals surface area contributed by atoms with Crippen LogP contribution < -0.4 is 0 Å². The molecule has 0 spiro atoms. The molecule has 0 unspecified atom stereocenters. The monoisotopic (exact) mass is 213 g/mol. The van der Waals surface area contributed by atoms with E-state index in [2.05, 4.69) is 0 Å². The van der Waals surface area contributed by atoms with Gasteiger partial charge in [-0.3, -0.25) is 9.69 Å². The third-order valence-electron chi connectivity index (χ3n) is 2.76. The van der Waals surface area contributed by atoms with Crippen LogP contribution in [0, 0.1) is 0 Å². The molecular formula is C11H19NO3. The van der Waals surface area contributed by atoms with Crippen LogP contribution in [-0.2, 0) is 4.79 Å². The molecule has 4 heteroatoms. The fourth-order valence-electron chi connectivity index (χ4n) is 2.13. The predicted octanol–water partition coefficient (Wildman–Crippen LogP) is 2.28. The number of hydrogen-bond donors (Lipinski definition) is 1. The van der Waals surface area contributed by atoms with Gasteiger partial charge < -0.3 is 5.11 Å². The maximum absolute atomic E-state index is 11.7. The molecule has 4 nitrogen and oxygen atoms in total. The van der Waals surface area contributed by atoms with E-state index < -0.39 is 17.7 Å². The number of carbonyl (C=O) groups excluding carboxylic acids is 1. The molecule has 15 heavy (non-hydrogen) atoms. The minimum atomic E-state index is -0.997. The van der Waals surface area contributed by atoms with E-state index in [4.69, 9.17) is 5.11 Å². The van der Waals surface area contributed by atoms with Crippen molar-refractivity contribution in [3.8, 4) is 0 Å². The molecule has 86 valence electrons.